The van der Waals surface area contributed by atoms with Gasteiger partial charge in [-0.15, -0.1) is 0 Å². The van der Waals surface area contributed by atoms with Gasteiger partial charge in [-0.05, 0) is 73.4 Å². The molecule has 25 heavy (non-hydrogen) atoms. The molecule has 0 N–H and O–H groups in total. The molecule has 4 aliphatic carbocycles. The summed E-state index contributed by atoms with van der Waals surface area (Å²) in [6, 6.07) is 11.4. The van der Waals surface area contributed by atoms with E-state index in [1.165, 1.54) is 0 Å². The smallest absolute Gasteiger partial charge is 0 e. The van der Waals surface area contributed by atoms with Gasteiger partial charge in [0.1, 0.15) is 0 Å². The fourth-order valence-corrected chi connectivity index (χ4v) is 8.16. The summed E-state index contributed by atoms with van der Waals surface area (Å²) < 4.78 is 22.5. The van der Waals surface area contributed by atoms with Crippen molar-refractivity contribution in [2.24, 2.45) is 17.8 Å². The van der Waals surface area contributed by atoms with E-state index in [4.69, 9.17) is 14.0 Å². The summed E-state index contributed by atoms with van der Waals surface area (Å²) in [5.41, 5.74) is 0. The van der Waals surface area contributed by atoms with Crippen LogP contribution in [0.15, 0.2) is 30.3 Å². The maximum atomic E-state index is 7.50. The van der Waals surface area contributed by atoms with Crippen molar-refractivity contribution < 1.29 is 31.3 Å². The summed E-state index contributed by atoms with van der Waals surface area (Å²) in [6.45, 7) is 16.1. The van der Waals surface area contributed by atoms with Crippen LogP contribution in [-0.2, 0) is 31.3 Å². The molecule has 4 bridgehead atoms. The summed E-state index contributed by atoms with van der Waals surface area (Å²) in [4.78, 5) is 0. The Morgan fingerprint density at radius 2 is 1.16 bits per heavy atom. The van der Waals surface area contributed by atoms with Gasteiger partial charge in [-0.3, -0.25) is 0 Å². The summed E-state index contributed by atoms with van der Waals surface area (Å²) in [6.07, 6.45) is 9.36. The van der Waals surface area contributed by atoms with E-state index in [0.29, 0.717) is 0 Å². The summed E-state index contributed by atoms with van der Waals surface area (Å²) >= 11 is 0. The van der Waals surface area contributed by atoms with Gasteiger partial charge in [0.15, 0.2) is 0 Å². The van der Waals surface area contributed by atoms with E-state index in [0.717, 1.165) is 22.9 Å². The Balaban J connectivity index is 0.000000751. The van der Waals surface area contributed by atoms with E-state index in [2.05, 4.69) is 56.9 Å². The number of hydrogen-bond acceptors (Lipinski definition) is 0. The molecule has 1 aromatic rings. The minimum absolute atomic E-state index is 0. The van der Waals surface area contributed by atoms with Gasteiger partial charge in [-0.2, -0.15) is 0 Å². The first-order chi connectivity index (χ1) is 11.8. The Bertz CT molecular complexity index is 518. The van der Waals surface area contributed by atoms with Crippen LogP contribution >= 0.6 is 7.92 Å². The molecule has 4 saturated carbocycles. The molecule has 132 valence electrons. The Kier molecular flexibility index (Phi) is 11.6. The van der Waals surface area contributed by atoms with E-state index >= 15 is 0 Å². The predicted molar refractivity (Wildman–Crippen MR) is 91.6 cm³/mol. The standard InChI is InChI=1S/C17H23P.3CO.Cr/c1-18(16-5-3-2-4-6-16)17-10-13-7-14(11-17)9-15(8-13)12-17;3*1-2;/h2-6,13-15H,7-12H2,1H3;;;;/t13?,14?,15?,17?,18-;;;;/m0..../s1. The van der Waals surface area contributed by atoms with Gasteiger partial charge in [-0.25, -0.2) is 0 Å². The van der Waals surface area contributed by atoms with Crippen LogP contribution in [0.5, 0.6) is 0 Å². The van der Waals surface area contributed by atoms with Gasteiger partial charge >= 0.3 is 33.9 Å². The maximum absolute atomic E-state index is 7.50. The van der Waals surface area contributed by atoms with Crippen molar-refractivity contribution in [1.82, 2.24) is 0 Å². The quantitative estimate of drug-likeness (QED) is 0.409. The van der Waals surface area contributed by atoms with Crippen LogP contribution < -0.4 is 5.30 Å². The molecule has 0 amide bonds. The van der Waals surface area contributed by atoms with Crippen molar-refractivity contribution in [2.75, 3.05) is 6.66 Å². The molecule has 1 atom stereocenters. The first kappa shape index (κ1) is 24.4. The summed E-state index contributed by atoms with van der Waals surface area (Å²) in [5.74, 6) is 3.26. The number of hydrogen-bond donors (Lipinski definition) is 0. The summed E-state index contributed by atoms with van der Waals surface area (Å²) in [7, 11) is 0.0502. The largest absolute Gasteiger partial charge is 0 e. The zero-order chi connectivity index (χ0) is 18.2. The summed E-state index contributed by atoms with van der Waals surface area (Å²) in [5, 5.41) is 2.38. The van der Waals surface area contributed by atoms with Crippen molar-refractivity contribution in [3.63, 3.8) is 0 Å². The Morgan fingerprint density at radius 3 is 1.52 bits per heavy atom. The first-order valence-corrected chi connectivity index (χ1v) is 9.94. The third-order valence-electron chi connectivity index (χ3n) is 5.86. The molecule has 1 aromatic carbocycles. The minimum Gasteiger partial charge on any atom is 0 e. The van der Waals surface area contributed by atoms with E-state index in [1.54, 1.807) is 43.8 Å². The maximum Gasteiger partial charge on any atom is 0 e. The van der Waals surface area contributed by atoms with E-state index in [1.807, 2.05) is 0 Å². The second-order valence-corrected chi connectivity index (χ2v) is 9.62. The van der Waals surface area contributed by atoms with Crippen LogP contribution in [0.25, 0.3) is 0 Å². The zero-order valence-corrected chi connectivity index (χ0v) is 16.6. The number of benzene rings is 1. The van der Waals surface area contributed by atoms with Crippen molar-refractivity contribution in [2.45, 2.75) is 43.7 Å². The monoisotopic (exact) mass is 394 g/mol. The fourth-order valence-electron chi connectivity index (χ4n) is 5.40. The van der Waals surface area contributed by atoms with Crippen LogP contribution in [-0.4, -0.2) is 11.8 Å². The molecule has 0 saturated heterocycles. The molecular formula is C20H23CrO3P. The van der Waals surface area contributed by atoms with Crippen LogP contribution in [0.2, 0.25) is 0 Å². The van der Waals surface area contributed by atoms with Crippen LogP contribution in [0.4, 0.5) is 0 Å². The average molecular weight is 394 g/mol. The van der Waals surface area contributed by atoms with Crippen molar-refractivity contribution in [3.05, 3.63) is 50.3 Å². The van der Waals surface area contributed by atoms with Gasteiger partial charge < -0.3 is 0 Å². The third kappa shape index (κ3) is 5.44. The Labute approximate surface area is 163 Å². The molecular weight excluding hydrogens is 371 g/mol. The molecule has 4 aliphatic rings. The van der Waals surface area contributed by atoms with Crippen molar-refractivity contribution in [1.29, 1.82) is 0 Å². The Hall–Kier alpha value is -0.598. The predicted octanol–water partition coefficient (Wildman–Crippen LogP) is 4.28. The normalized spacial score (nSPS) is 31.2. The molecule has 0 aromatic heterocycles. The van der Waals surface area contributed by atoms with Crippen LogP contribution in [0.1, 0.15) is 38.5 Å². The van der Waals surface area contributed by atoms with Gasteiger partial charge in [0.05, 0.1) is 0 Å². The molecule has 5 rings (SSSR count). The molecule has 4 fully saturated rings. The second-order valence-electron chi connectivity index (χ2n) is 7.04. The number of rotatable bonds is 2. The van der Waals surface area contributed by atoms with E-state index in [9.17, 15) is 0 Å². The van der Waals surface area contributed by atoms with Gasteiger partial charge in [-0.1, -0.05) is 38.3 Å². The topological polar surface area (TPSA) is 59.7 Å². The second kappa shape index (κ2) is 11.9. The molecule has 5 heteroatoms. The fraction of sp³-hybridized carbons (Fsp3) is 0.550. The van der Waals surface area contributed by atoms with Crippen molar-refractivity contribution in [3.8, 4) is 0 Å². The van der Waals surface area contributed by atoms with E-state index in [-0.39, 0.29) is 25.3 Å². The van der Waals surface area contributed by atoms with Gasteiger partial charge in [0.2, 0.25) is 0 Å². The third-order valence-corrected chi connectivity index (χ3v) is 8.90. The molecule has 0 spiro atoms. The van der Waals surface area contributed by atoms with Gasteiger partial charge in [0.25, 0.3) is 0 Å². The van der Waals surface area contributed by atoms with Crippen LogP contribution in [0, 0.1) is 37.7 Å². The first-order valence-electron chi connectivity index (χ1n) is 8.15. The van der Waals surface area contributed by atoms with Crippen LogP contribution in [0.3, 0.4) is 0 Å². The SMILES string of the molecule is C[P@@](c1ccccc1)C12CC3CC(CC(C3)C1)C2.[C-]#[O+].[C-]#[O+].[C-]#[O+].[Cr]. The minimum atomic E-state index is 0. The van der Waals surface area contributed by atoms with Crippen molar-refractivity contribution >= 4 is 13.2 Å². The Morgan fingerprint density at radius 1 is 0.800 bits per heavy atom. The molecule has 0 radical (unpaired) electrons. The molecule has 0 unspecified atom stereocenters. The molecule has 3 nitrogen and oxygen atoms in total. The zero-order valence-electron chi connectivity index (χ0n) is 14.4. The molecule has 0 heterocycles. The average Bonchev–Trinajstić information content (AvgIpc) is 2.66. The van der Waals surface area contributed by atoms with E-state index < -0.39 is 0 Å². The van der Waals surface area contributed by atoms with Gasteiger partial charge in [0, 0.05) is 17.4 Å². The molecule has 0 aliphatic heterocycles.